The molecule has 0 aromatic rings. The minimum absolute atomic E-state index is 0.0669. The Balaban J connectivity index is 1.58. The number of nitrogens with zero attached hydrogens (tertiary/aromatic N) is 1. The summed E-state index contributed by atoms with van der Waals surface area (Å²) in [5, 5.41) is 11.8. The summed E-state index contributed by atoms with van der Waals surface area (Å²) in [6, 6.07) is 2.08. The molecule has 1 atom stereocenters. The maximum atomic E-state index is 12.0. The highest BCUT2D eigenvalue weighted by Gasteiger charge is 2.50. The third-order valence-corrected chi connectivity index (χ3v) is 5.65. The summed E-state index contributed by atoms with van der Waals surface area (Å²) in [5.41, 5.74) is 0.400. The van der Waals surface area contributed by atoms with Crippen LogP contribution >= 0.6 is 0 Å². The average molecular weight is 260 g/mol. The zero-order valence-corrected chi connectivity index (χ0v) is 11.8. The van der Waals surface area contributed by atoms with Crippen molar-refractivity contribution in [1.29, 1.82) is 5.26 Å². The van der Waals surface area contributed by atoms with Gasteiger partial charge in [-0.05, 0) is 61.7 Å². The Labute approximate surface area is 115 Å². The molecular formula is C16H24N2O. The van der Waals surface area contributed by atoms with Gasteiger partial charge in [0, 0.05) is 18.9 Å². The molecule has 19 heavy (non-hydrogen) atoms. The molecule has 1 N–H and O–H groups in total. The van der Waals surface area contributed by atoms with Crippen molar-refractivity contribution in [2.45, 2.75) is 51.9 Å². The van der Waals surface area contributed by atoms with E-state index >= 15 is 0 Å². The number of nitriles is 1. The second-order valence-electron chi connectivity index (χ2n) is 7.40. The molecule has 4 bridgehead atoms. The van der Waals surface area contributed by atoms with Crippen molar-refractivity contribution in [2.24, 2.45) is 29.1 Å². The molecule has 1 unspecified atom stereocenters. The van der Waals surface area contributed by atoms with E-state index in [1.807, 2.05) is 6.92 Å². The quantitative estimate of drug-likeness (QED) is 0.845. The molecule has 4 aliphatic rings. The molecule has 4 saturated carbocycles. The summed E-state index contributed by atoms with van der Waals surface area (Å²) < 4.78 is 0. The molecule has 3 heteroatoms. The van der Waals surface area contributed by atoms with Crippen molar-refractivity contribution in [2.75, 3.05) is 6.54 Å². The molecule has 0 aliphatic heterocycles. The number of hydrogen-bond acceptors (Lipinski definition) is 2. The van der Waals surface area contributed by atoms with Crippen LogP contribution in [-0.2, 0) is 4.79 Å². The summed E-state index contributed by atoms with van der Waals surface area (Å²) in [4.78, 5) is 12.0. The molecule has 1 amide bonds. The topological polar surface area (TPSA) is 52.9 Å². The molecule has 4 fully saturated rings. The van der Waals surface area contributed by atoms with Gasteiger partial charge in [-0.15, -0.1) is 0 Å². The van der Waals surface area contributed by atoms with E-state index < -0.39 is 0 Å². The lowest BCUT2D eigenvalue weighted by Crippen LogP contribution is -2.51. The highest BCUT2D eigenvalue weighted by molar-refractivity contribution is 5.78. The predicted octanol–water partition coefficient (Wildman–Crippen LogP) is 2.87. The maximum absolute atomic E-state index is 12.0. The molecule has 4 aliphatic carbocycles. The van der Waals surface area contributed by atoms with Crippen LogP contribution in [0.5, 0.6) is 0 Å². The zero-order chi connectivity index (χ0) is 13.5. The standard InChI is InChI=1S/C16H24N2O/c1-11(2-3-17)15(19)18-10-16-7-12-4-13(8-16)6-14(5-12)9-16/h11-14H,2,4-10H2,1H3,(H,18,19). The van der Waals surface area contributed by atoms with E-state index in [1.165, 1.54) is 38.5 Å². The fourth-order valence-corrected chi connectivity index (χ4v) is 5.18. The molecule has 0 saturated heterocycles. The third kappa shape index (κ3) is 2.50. The van der Waals surface area contributed by atoms with E-state index in [9.17, 15) is 4.79 Å². The van der Waals surface area contributed by atoms with E-state index in [1.54, 1.807) is 0 Å². The Morgan fingerprint density at radius 2 is 1.79 bits per heavy atom. The van der Waals surface area contributed by atoms with E-state index in [0.29, 0.717) is 11.8 Å². The fourth-order valence-electron chi connectivity index (χ4n) is 5.18. The van der Waals surface area contributed by atoms with Gasteiger partial charge in [-0.2, -0.15) is 5.26 Å². The minimum atomic E-state index is -0.168. The second-order valence-corrected chi connectivity index (χ2v) is 7.40. The lowest BCUT2D eigenvalue weighted by Gasteiger charge is -2.57. The maximum Gasteiger partial charge on any atom is 0.223 e. The van der Waals surface area contributed by atoms with E-state index in [-0.39, 0.29) is 11.8 Å². The Hall–Kier alpha value is -1.04. The van der Waals surface area contributed by atoms with E-state index in [0.717, 1.165) is 24.3 Å². The first-order chi connectivity index (χ1) is 9.10. The van der Waals surface area contributed by atoms with Crippen molar-refractivity contribution >= 4 is 5.91 Å². The number of carbonyl (C=O) groups excluding carboxylic acids is 1. The number of nitrogens with one attached hydrogen (secondary N) is 1. The Morgan fingerprint density at radius 3 is 2.26 bits per heavy atom. The lowest BCUT2D eigenvalue weighted by molar-refractivity contribution is -0.126. The second kappa shape index (κ2) is 4.81. The van der Waals surface area contributed by atoms with Crippen molar-refractivity contribution < 1.29 is 4.79 Å². The van der Waals surface area contributed by atoms with Crippen LogP contribution in [0.2, 0.25) is 0 Å². The van der Waals surface area contributed by atoms with Gasteiger partial charge in [0.2, 0.25) is 5.91 Å². The van der Waals surface area contributed by atoms with Crippen LogP contribution < -0.4 is 5.32 Å². The van der Waals surface area contributed by atoms with Gasteiger partial charge in [-0.3, -0.25) is 4.79 Å². The molecule has 0 spiro atoms. The van der Waals surface area contributed by atoms with Crippen molar-refractivity contribution in [1.82, 2.24) is 5.32 Å². The summed E-state index contributed by atoms with van der Waals surface area (Å²) >= 11 is 0. The van der Waals surface area contributed by atoms with Gasteiger partial charge in [-0.1, -0.05) is 6.92 Å². The molecule has 0 aromatic heterocycles. The third-order valence-electron chi connectivity index (χ3n) is 5.65. The van der Waals surface area contributed by atoms with Crippen LogP contribution in [0.4, 0.5) is 0 Å². The zero-order valence-electron chi connectivity index (χ0n) is 11.8. The smallest absolute Gasteiger partial charge is 0.223 e. The van der Waals surface area contributed by atoms with Crippen molar-refractivity contribution in [3.8, 4) is 6.07 Å². The first-order valence-electron chi connectivity index (χ1n) is 7.75. The SMILES string of the molecule is CC(CC#N)C(=O)NCC12CC3CC(CC(C3)C1)C2. The summed E-state index contributed by atoms with van der Waals surface area (Å²) in [6.45, 7) is 2.70. The van der Waals surface area contributed by atoms with Gasteiger partial charge in [0.15, 0.2) is 0 Å². The summed E-state index contributed by atoms with van der Waals surface area (Å²) in [5.74, 6) is 2.69. The van der Waals surface area contributed by atoms with E-state index in [4.69, 9.17) is 5.26 Å². The number of hydrogen-bond donors (Lipinski definition) is 1. The van der Waals surface area contributed by atoms with Gasteiger partial charge in [-0.25, -0.2) is 0 Å². The molecule has 104 valence electrons. The normalized spacial score (nSPS) is 40.7. The van der Waals surface area contributed by atoms with Crippen LogP contribution in [0.3, 0.4) is 0 Å². The van der Waals surface area contributed by atoms with Gasteiger partial charge in [0.05, 0.1) is 6.07 Å². The lowest BCUT2D eigenvalue weighted by atomic mass is 9.49. The molecule has 4 rings (SSSR count). The van der Waals surface area contributed by atoms with Gasteiger partial charge < -0.3 is 5.32 Å². The van der Waals surface area contributed by atoms with Crippen molar-refractivity contribution in [3.63, 3.8) is 0 Å². The fraction of sp³-hybridized carbons (Fsp3) is 0.875. The van der Waals surface area contributed by atoms with Crippen LogP contribution in [-0.4, -0.2) is 12.5 Å². The van der Waals surface area contributed by atoms with Crippen LogP contribution in [0, 0.1) is 40.4 Å². The largest absolute Gasteiger partial charge is 0.355 e. The first-order valence-corrected chi connectivity index (χ1v) is 7.75. The molecule has 0 heterocycles. The number of carbonyl (C=O) groups is 1. The van der Waals surface area contributed by atoms with Crippen LogP contribution in [0.25, 0.3) is 0 Å². The predicted molar refractivity (Wildman–Crippen MR) is 73.0 cm³/mol. The summed E-state index contributed by atoms with van der Waals surface area (Å²) in [6.07, 6.45) is 8.63. The highest BCUT2D eigenvalue weighted by atomic mass is 16.1. The average Bonchev–Trinajstić information content (AvgIpc) is 2.34. The van der Waals surface area contributed by atoms with Crippen molar-refractivity contribution in [3.05, 3.63) is 0 Å². The summed E-state index contributed by atoms with van der Waals surface area (Å²) in [7, 11) is 0. The van der Waals surface area contributed by atoms with E-state index in [2.05, 4.69) is 11.4 Å². The Bertz CT molecular complexity index is 374. The monoisotopic (exact) mass is 260 g/mol. The Kier molecular flexibility index (Phi) is 3.28. The van der Waals surface area contributed by atoms with Crippen LogP contribution in [0.1, 0.15) is 51.9 Å². The molecule has 0 aromatic carbocycles. The van der Waals surface area contributed by atoms with Gasteiger partial charge >= 0.3 is 0 Å². The molecular weight excluding hydrogens is 236 g/mol. The minimum Gasteiger partial charge on any atom is -0.355 e. The highest BCUT2D eigenvalue weighted by Crippen LogP contribution is 2.59. The van der Waals surface area contributed by atoms with Gasteiger partial charge in [0.1, 0.15) is 0 Å². The molecule has 3 nitrogen and oxygen atoms in total. The van der Waals surface area contributed by atoms with Gasteiger partial charge in [0.25, 0.3) is 0 Å². The molecule has 0 radical (unpaired) electrons. The number of amides is 1. The Morgan fingerprint density at radius 1 is 1.26 bits per heavy atom. The first kappa shape index (κ1) is 13.0. The van der Waals surface area contributed by atoms with Crippen LogP contribution in [0.15, 0.2) is 0 Å². The number of rotatable bonds is 4.